The highest BCUT2D eigenvalue weighted by Crippen LogP contribution is 2.41. The third-order valence-corrected chi connectivity index (χ3v) is 6.72. The molecule has 32 heavy (non-hydrogen) atoms. The summed E-state index contributed by atoms with van der Waals surface area (Å²) < 4.78 is 32.8. The van der Waals surface area contributed by atoms with Crippen molar-refractivity contribution in [3.05, 3.63) is 39.3 Å². The highest BCUT2D eigenvalue weighted by atomic mass is 32.1. The molecular formula is C21H23F2N5O3S. The lowest BCUT2D eigenvalue weighted by atomic mass is 9.85. The highest BCUT2D eigenvalue weighted by Gasteiger charge is 2.30. The Balaban J connectivity index is 1.69. The molecule has 0 radical (unpaired) electrons. The third-order valence-electron chi connectivity index (χ3n) is 5.55. The molecule has 1 unspecified atom stereocenters. The zero-order valence-corrected chi connectivity index (χ0v) is 18.8. The van der Waals surface area contributed by atoms with Gasteiger partial charge >= 0.3 is 5.97 Å². The van der Waals surface area contributed by atoms with Crippen LogP contribution in [-0.4, -0.2) is 38.1 Å². The van der Waals surface area contributed by atoms with Crippen molar-refractivity contribution in [3.63, 3.8) is 0 Å². The number of fused-ring (bicyclic) bond motifs is 2. The number of hydrogen-bond donors (Lipinski definition) is 1. The predicted octanol–water partition coefficient (Wildman–Crippen LogP) is 4.38. The van der Waals surface area contributed by atoms with Crippen molar-refractivity contribution < 1.29 is 23.1 Å². The van der Waals surface area contributed by atoms with Crippen molar-refractivity contribution in [2.45, 2.75) is 52.9 Å². The van der Waals surface area contributed by atoms with Gasteiger partial charge in [0.05, 0.1) is 12.2 Å². The topological polar surface area (TPSA) is 98.5 Å². The number of hydrogen-bond acceptors (Lipinski definition) is 7. The van der Waals surface area contributed by atoms with E-state index in [4.69, 9.17) is 4.74 Å². The second kappa shape index (κ2) is 8.89. The van der Waals surface area contributed by atoms with Crippen molar-refractivity contribution in [2.75, 3.05) is 11.9 Å². The summed E-state index contributed by atoms with van der Waals surface area (Å²) in [6.45, 7) is 5.63. The van der Waals surface area contributed by atoms with E-state index in [2.05, 4.69) is 27.3 Å². The van der Waals surface area contributed by atoms with E-state index >= 15 is 0 Å². The monoisotopic (exact) mass is 463 g/mol. The van der Waals surface area contributed by atoms with Gasteiger partial charge in [-0.1, -0.05) is 13.3 Å². The van der Waals surface area contributed by atoms with Gasteiger partial charge in [-0.05, 0) is 50.7 Å². The quantitative estimate of drug-likeness (QED) is 0.545. The van der Waals surface area contributed by atoms with Crippen LogP contribution in [-0.2, 0) is 17.6 Å². The summed E-state index contributed by atoms with van der Waals surface area (Å²) in [5, 5.41) is 7.00. The van der Waals surface area contributed by atoms with Gasteiger partial charge in [0.2, 0.25) is 5.82 Å². The fraction of sp³-hybridized carbons (Fsp3) is 0.476. The summed E-state index contributed by atoms with van der Waals surface area (Å²) in [5.74, 6) is -1.06. The number of amides is 1. The Hall–Kier alpha value is -2.95. The van der Waals surface area contributed by atoms with Gasteiger partial charge in [0.15, 0.2) is 0 Å². The van der Waals surface area contributed by atoms with Gasteiger partial charge in [-0.3, -0.25) is 4.79 Å². The Kier molecular flexibility index (Phi) is 6.18. The molecule has 0 fully saturated rings. The maximum Gasteiger partial charge on any atom is 0.341 e. The number of nitrogens with zero attached hydrogens (tertiary/aromatic N) is 4. The molecule has 1 aliphatic rings. The van der Waals surface area contributed by atoms with E-state index in [9.17, 15) is 18.4 Å². The van der Waals surface area contributed by atoms with Gasteiger partial charge in [-0.15, -0.1) is 16.4 Å². The highest BCUT2D eigenvalue weighted by molar-refractivity contribution is 7.17. The minimum atomic E-state index is -2.80. The number of esters is 1. The van der Waals surface area contributed by atoms with Gasteiger partial charge in [-0.25, -0.2) is 18.6 Å². The Morgan fingerprint density at radius 1 is 1.34 bits per heavy atom. The average Bonchev–Trinajstić information content (AvgIpc) is 3.33. The molecule has 11 heteroatoms. The molecule has 3 heterocycles. The number of alkyl halides is 2. The third kappa shape index (κ3) is 4.08. The largest absolute Gasteiger partial charge is 0.462 e. The predicted molar refractivity (Wildman–Crippen MR) is 115 cm³/mol. The van der Waals surface area contributed by atoms with E-state index in [1.807, 2.05) is 0 Å². The molecule has 0 spiro atoms. The van der Waals surface area contributed by atoms with Crippen LogP contribution in [0.5, 0.6) is 0 Å². The molecule has 0 saturated carbocycles. The van der Waals surface area contributed by atoms with Crippen LogP contribution in [0.15, 0.2) is 6.07 Å². The molecule has 3 aromatic rings. The normalized spacial score (nSPS) is 15.8. The van der Waals surface area contributed by atoms with Crippen LogP contribution in [0.25, 0.3) is 5.78 Å². The maximum atomic E-state index is 13.4. The number of carbonyl (C=O) groups is 2. The molecule has 4 rings (SSSR count). The zero-order chi connectivity index (χ0) is 23.0. The Bertz CT molecular complexity index is 1190. The molecule has 1 amide bonds. The van der Waals surface area contributed by atoms with E-state index < -0.39 is 24.0 Å². The van der Waals surface area contributed by atoms with Gasteiger partial charge < -0.3 is 10.1 Å². The lowest BCUT2D eigenvalue weighted by Crippen LogP contribution is -2.18. The summed E-state index contributed by atoms with van der Waals surface area (Å²) in [7, 11) is 0. The number of aromatic nitrogens is 4. The first-order chi connectivity index (χ1) is 15.3. The van der Waals surface area contributed by atoms with Crippen molar-refractivity contribution in [2.24, 2.45) is 5.92 Å². The van der Waals surface area contributed by atoms with Crippen LogP contribution in [0.2, 0.25) is 0 Å². The van der Waals surface area contributed by atoms with Gasteiger partial charge in [-0.2, -0.15) is 9.50 Å². The molecule has 1 aliphatic carbocycles. The lowest BCUT2D eigenvalue weighted by Gasteiger charge is -2.20. The standard InChI is InChI=1S/C21H23F2N5O3S/c1-4-11-6-7-12-14(9-11)32-19(15(12)20(30)31-5-2)26-18(29)17-25-21-24-10(3)8-13(16(22)23)28(21)27-17/h8,11,16H,4-7,9H2,1-3H3,(H,26,29). The molecule has 8 nitrogen and oxygen atoms in total. The number of ether oxygens (including phenoxy) is 1. The molecule has 1 atom stereocenters. The van der Waals surface area contributed by atoms with Gasteiger partial charge in [0.25, 0.3) is 18.1 Å². The minimum absolute atomic E-state index is 0.0904. The van der Waals surface area contributed by atoms with E-state index in [-0.39, 0.29) is 18.2 Å². The van der Waals surface area contributed by atoms with Crippen molar-refractivity contribution in [1.29, 1.82) is 0 Å². The molecule has 1 N–H and O–H groups in total. The van der Waals surface area contributed by atoms with Crippen molar-refractivity contribution in [3.8, 4) is 0 Å². The molecule has 0 aromatic carbocycles. The van der Waals surface area contributed by atoms with E-state index in [1.165, 1.54) is 17.4 Å². The van der Waals surface area contributed by atoms with E-state index in [0.717, 1.165) is 40.6 Å². The van der Waals surface area contributed by atoms with Crippen LogP contribution in [0.4, 0.5) is 13.8 Å². The average molecular weight is 464 g/mol. The van der Waals surface area contributed by atoms with Crippen LogP contribution < -0.4 is 5.32 Å². The summed E-state index contributed by atoms with van der Waals surface area (Å²) in [4.78, 5) is 34.7. The fourth-order valence-electron chi connectivity index (χ4n) is 3.94. The van der Waals surface area contributed by atoms with Crippen molar-refractivity contribution in [1.82, 2.24) is 19.6 Å². The first kappa shape index (κ1) is 22.3. The van der Waals surface area contributed by atoms with Crippen LogP contribution in [0.1, 0.15) is 75.9 Å². The number of halogens is 2. The minimum Gasteiger partial charge on any atom is -0.462 e. The Morgan fingerprint density at radius 3 is 2.81 bits per heavy atom. The number of anilines is 1. The van der Waals surface area contributed by atoms with Crippen LogP contribution in [0.3, 0.4) is 0 Å². The maximum absolute atomic E-state index is 13.4. The number of thiophene rings is 1. The SMILES string of the molecule is CCOC(=O)c1c(NC(=O)c2nc3nc(C)cc(C(F)F)n3n2)sc2c1CCC(CC)C2. The van der Waals surface area contributed by atoms with E-state index in [0.29, 0.717) is 22.2 Å². The zero-order valence-electron chi connectivity index (χ0n) is 17.9. The van der Waals surface area contributed by atoms with Crippen LogP contribution >= 0.6 is 11.3 Å². The van der Waals surface area contributed by atoms with E-state index in [1.54, 1.807) is 13.8 Å². The molecule has 0 bridgehead atoms. The first-order valence-corrected chi connectivity index (χ1v) is 11.3. The summed E-state index contributed by atoms with van der Waals surface area (Å²) in [6.07, 6.45) is 0.782. The number of carbonyl (C=O) groups excluding carboxylic acids is 2. The first-order valence-electron chi connectivity index (χ1n) is 10.5. The number of rotatable bonds is 6. The molecule has 170 valence electrons. The van der Waals surface area contributed by atoms with Crippen molar-refractivity contribution >= 4 is 34.0 Å². The van der Waals surface area contributed by atoms with Crippen LogP contribution in [0, 0.1) is 12.8 Å². The summed E-state index contributed by atoms with van der Waals surface area (Å²) >= 11 is 1.34. The molecule has 3 aromatic heterocycles. The Morgan fingerprint density at radius 2 is 2.12 bits per heavy atom. The second-order valence-electron chi connectivity index (χ2n) is 7.67. The molecule has 0 saturated heterocycles. The number of aryl methyl sites for hydroxylation is 1. The fourth-order valence-corrected chi connectivity index (χ4v) is 5.28. The van der Waals surface area contributed by atoms with Gasteiger partial charge in [0.1, 0.15) is 10.7 Å². The smallest absolute Gasteiger partial charge is 0.341 e. The Labute approximate surface area is 187 Å². The summed E-state index contributed by atoms with van der Waals surface area (Å²) in [6, 6.07) is 1.20. The molecule has 0 aliphatic heterocycles. The second-order valence-corrected chi connectivity index (χ2v) is 8.78. The van der Waals surface area contributed by atoms with Gasteiger partial charge in [0, 0.05) is 10.6 Å². The summed E-state index contributed by atoms with van der Waals surface area (Å²) in [5.41, 5.74) is 1.21. The molecular weight excluding hydrogens is 440 g/mol. The lowest BCUT2D eigenvalue weighted by molar-refractivity contribution is 0.0526. The number of nitrogens with one attached hydrogen (secondary N) is 1.